The van der Waals surface area contributed by atoms with Gasteiger partial charge in [-0.15, -0.1) is 0 Å². The number of aliphatic hydroxyl groups is 1. The summed E-state index contributed by atoms with van der Waals surface area (Å²) >= 11 is 0. The number of halogens is 2. The van der Waals surface area contributed by atoms with Gasteiger partial charge in [-0.3, -0.25) is 4.79 Å². The van der Waals surface area contributed by atoms with Crippen LogP contribution in [0.2, 0.25) is 0 Å². The Kier molecular flexibility index (Phi) is 6.05. The summed E-state index contributed by atoms with van der Waals surface area (Å²) < 4.78 is 32.4. The predicted molar refractivity (Wildman–Crippen MR) is 80.9 cm³/mol. The summed E-state index contributed by atoms with van der Waals surface area (Å²) in [6, 6.07) is 10.5. The van der Waals surface area contributed by atoms with Crippen molar-refractivity contribution in [1.82, 2.24) is 5.32 Å². The molecule has 2 aromatic rings. The number of hydrogen-bond donors (Lipinski definition) is 2. The molecule has 0 aromatic heterocycles. The minimum absolute atomic E-state index is 0.118. The molecule has 0 aliphatic rings. The highest BCUT2D eigenvalue weighted by Gasteiger charge is 2.13. The van der Waals surface area contributed by atoms with Gasteiger partial charge in [0.05, 0.1) is 13.0 Å². The Labute approximate surface area is 132 Å². The van der Waals surface area contributed by atoms with Crippen LogP contribution < -0.4 is 10.1 Å². The molecule has 0 saturated heterocycles. The lowest BCUT2D eigenvalue weighted by Gasteiger charge is -2.12. The van der Waals surface area contributed by atoms with Crippen LogP contribution >= 0.6 is 0 Å². The molecule has 23 heavy (non-hydrogen) atoms. The molecule has 0 aliphatic carbocycles. The third kappa shape index (κ3) is 4.75. The van der Waals surface area contributed by atoms with Crippen molar-refractivity contribution in [2.45, 2.75) is 13.0 Å². The monoisotopic (exact) mass is 321 g/mol. The van der Waals surface area contributed by atoms with E-state index in [1.54, 1.807) is 24.3 Å². The van der Waals surface area contributed by atoms with E-state index in [2.05, 4.69) is 5.32 Å². The number of para-hydroxylation sites is 1. The van der Waals surface area contributed by atoms with Crippen molar-refractivity contribution in [1.29, 1.82) is 0 Å². The van der Waals surface area contributed by atoms with Crippen molar-refractivity contribution >= 4 is 5.91 Å². The van der Waals surface area contributed by atoms with Crippen molar-refractivity contribution in [2.75, 3.05) is 13.2 Å². The van der Waals surface area contributed by atoms with Gasteiger partial charge in [-0.2, -0.15) is 0 Å². The number of carbonyl (C=O) groups is 1. The SMILES string of the molecule is O=C(Cc1c(F)cccc1F)NCc1ccccc1OCCO. The molecular weight excluding hydrogens is 304 g/mol. The second kappa shape index (κ2) is 8.24. The van der Waals surface area contributed by atoms with E-state index in [-0.39, 0.29) is 31.7 Å². The molecule has 0 fully saturated rings. The average Bonchev–Trinajstić information content (AvgIpc) is 2.55. The van der Waals surface area contributed by atoms with Crippen molar-refractivity contribution in [3.8, 4) is 5.75 Å². The molecule has 0 aliphatic heterocycles. The summed E-state index contributed by atoms with van der Waals surface area (Å²) in [7, 11) is 0. The Morgan fingerprint density at radius 3 is 2.48 bits per heavy atom. The Balaban J connectivity index is 1.97. The maximum Gasteiger partial charge on any atom is 0.224 e. The van der Waals surface area contributed by atoms with Gasteiger partial charge in [0.1, 0.15) is 24.0 Å². The van der Waals surface area contributed by atoms with E-state index in [0.29, 0.717) is 11.3 Å². The van der Waals surface area contributed by atoms with E-state index in [0.717, 1.165) is 12.1 Å². The van der Waals surface area contributed by atoms with Crippen molar-refractivity contribution < 1.29 is 23.4 Å². The van der Waals surface area contributed by atoms with E-state index < -0.39 is 17.5 Å². The maximum atomic E-state index is 13.5. The summed E-state index contributed by atoms with van der Waals surface area (Å²) in [5.74, 6) is -1.44. The zero-order chi connectivity index (χ0) is 16.7. The molecule has 2 aromatic carbocycles. The normalized spacial score (nSPS) is 10.4. The molecule has 0 bridgehead atoms. The number of amides is 1. The molecule has 4 nitrogen and oxygen atoms in total. The number of rotatable bonds is 7. The smallest absolute Gasteiger partial charge is 0.224 e. The second-order valence-corrected chi connectivity index (χ2v) is 4.83. The molecule has 0 saturated carbocycles. The first-order chi connectivity index (χ1) is 11.1. The zero-order valence-corrected chi connectivity index (χ0v) is 12.4. The highest BCUT2D eigenvalue weighted by Crippen LogP contribution is 2.18. The lowest BCUT2D eigenvalue weighted by atomic mass is 10.1. The summed E-state index contributed by atoms with van der Waals surface area (Å²) in [5, 5.41) is 11.4. The quantitative estimate of drug-likeness (QED) is 0.822. The number of carbonyl (C=O) groups excluding carboxylic acids is 1. The van der Waals surface area contributed by atoms with Crippen LogP contribution in [0.5, 0.6) is 5.75 Å². The Hall–Kier alpha value is -2.47. The topological polar surface area (TPSA) is 58.6 Å². The fourth-order valence-corrected chi connectivity index (χ4v) is 2.06. The first-order valence-corrected chi connectivity index (χ1v) is 7.13. The maximum absolute atomic E-state index is 13.5. The molecule has 122 valence electrons. The first-order valence-electron chi connectivity index (χ1n) is 7.13. The largest absolute Gasteiger partial charge is 0.491 e. The summed E-state index contributed by atoms with van der Waals surface area (Å²) in [6.07, 6.45) is -0.377. The van der Waals surface area contributed by atoms with Gasteiger partial charge in [-0.25, -0.2) is 8.78 Å². The highest BCUT2D eigenvalue weighted by molar-refractivity contribution is 5.78. The second-order valence-electron chi connectivity index (χ2n) is 4.83. The molecule has 6 heteroatoms. The Morgan fingerprint density at radius 2 is 1.78 bits per heavy atom. The van der Waals surface area contributed by atoms with E-state index in [1.165, 1.54) is 6.07 Å². The number of hydrogen-bond acceptors (Lipinski definition) is 3. The van der Waals surface area contributed by atoms with Crippen molar-refractivity contribution in [3.05, 3.63) is 65.2 Å². The van der Waals surface area contributed by atoms with E-state index >= 15 is 0 Å². The van der Waals surface area contributed by atoms with Crippen LogP contribution in [0.4, 0.5) is 8.78 Å². The molecule has 1 amide bonds. The van der Waals surface area contributed by atoms with Gasteiger partial charge in [0.15, 0.2) is 0 Å². The molecule has 0 unspecified atom stereocenters. The molecule has 2 N–H and O–H groups in total. The lowest BCUT2D eigenvalue weighted by Crippen LogP contribution is -2.25. The Morgan fingerprint density at radius 1 is 1.09 bits per heavy atom. The molecular formula is C17H17F2NO3. The number of ether oxygens (including phenoxy) is 1. The third-order valence-electron chi connectivity index (χ3n) is 3.20. The Bertz CT molecular complexity index is 656. The third-order valence-corrected chi connectivity index (χ3v) is 3.20. The lowest BCUT2D eigenvalue weighted by molar-refractivity contribution is -0.120. The zero-order valence-electron chi connectivity index (χ0n) is 12.4. The predicted octanol–water partition coefficient (Wildman–Crippen LogP) is 2.19. The van der Waals surface area contributed by atoms with Gasteiger partial charge in [0.2, 0.25) is 5.91 Å². The number of benzene rings is 2. The fourth-order valence-electron chi connectivity index (χ4n) is 2.06. The van der Waals surface area contributed by atoms with Crippen LogP contribution in [0, 0.1) is 11.6 Å². The van der Waals surface area contributed by atoms with Crippen LogP contribution in [-0.4, -0.2) is 24.2 Å². The minimum Gasteiger partial charge on any atom is -0.491 e. The summed E-state index contributed by atoms with van der Waals surface area (Å²) in [5.41, 5.74) is 0.457. The molecule has 0 spiro atoms. The van der Waals surface area contributed by atoms with Gasteiger partial charge >= 0.3 is 0 Å². The average molecular weight is 321 g/mol. The van der Waals surface area contributed by atoms with E-state index in [1.807, 2.05) is 0 Å². The number of nitrogens with one attached hydrogen (secondary N) is 1. The summed E-state index contributed by atoms with van der Waals surface area (Å²) in [6.45, 7) is 0.190. The van der Waals surface area contributed by atoms with Crippen LogP contribution in [0.3, 0.4) is 0 Å². The van der Waals surface area contributed by atoms with Crippen molar-refractivity contribution in [2.24, 2.45) is 0 Å². The van der Waals surface area contributed by atoms with Gasteiger partial charge in [-0.1, -0.05) is 24.3 Å². The first kappa shape index (κ1) is 16.9. The van der Waals surface area contributed by atoms with Crippen molar-refractivity contribution in [3.63, 3.8) is 0 Å². The van der Waals surface area contributed by atoms with Gasteiger partial charge in [0.25, 0.3) is 0 Å². The highest BCUT2D eigenvalue weighted by atomic mass is 19.1. The van der Waals surface area contributed by atoms with E-state index in [9.17, 15) is 13.6 Å². The molecule has 0 heterocycles. The van der Waals surface area contributed by atoms with Gasteiger partial charge in [0, 0.05) is 17.7 Å². The van der Waals surface area contributed by atoms with E-state index in [4.69, 9.17) is 9.84 Å². The van der Waals surface area contributed by atoms with Crippen LogP contribution in [0.15, 0.2) is 42.5 Å². The molecule has 0 radical (unpaired) electrons. The molecule has 2 rings (SSSR count). The fraction of sp³-hybridized carbons (Fsp3) is 0.235. The van der Waals surface area contributed by atoms with Crippen LogP contribution in [0.25, 0.3) is 0 Å². The van der Waals surface area contributed by atoms with Crippen LogP contribution in [-0.2, 0) is 17.8 Å². The summed E-state index contributed by atoms with van der Waals surface area (Å²) in [4.78, 5) is 11.9. The standard InChI is InChI=1S/C17H17F2NO3/c18-14-5-3-6-15(19)13(14)10-17(22)20-11-12-4-1-2-7-16(12)23-9-8-21/h1-7,21H,8-11H2,(H,20,22). The van der Waals surface area contributed by atoms with Gasteiger partial charge in [-0.05, 0) is 18.2 Å². The molecule has 0 atom stereocenters. The minimum atomic E-state index is -0.744. The number of aliphatic hydroxyl groups excluding tert-OH is 1. The van der Waals surface area contributed by atoms with Crippen LogP contribution in [0.1, 0.15) is 11.1 Å². The van der Waals surface area contributed by atoms with Gasteiger partial charge < -0.3 is 15.2 Å².